The molecule has 1 aliphatic heterocycles. The van der Waals surface area contributed by atoms with Crippen molar-refractivity contribution in [1.82, 2.24) is 9.78 Å². The molecule has 2 aromatic rings. The van der Waals surface area contributed by atoms with Crippen molar-refractivity contribution in [1.29, 1.82) is 0 Å². The van der Waals surface area contributed by atoms with E-state index in [1.54, 1.807) is 6.92 Å². The van der Waals surface area contributed by atoms with Crippen LogP contribution < -0.4 is 4.74 Å². The smallest absolute Gasteiger partial charge is 0.150 e. The van der Waals surface area contributed by atoms with Gasteiger partial charge < -0.3 is 14.6 Å². The van der Waals surface area contributed by atoms with Crippen LogP contribution in [-0.4, -0.2) is 34.7 Å². The lowest BCUT2D eigenvalue weighted by molar-refractivity contribution is -0.0366. The summed E-state index contributed by atoms with van der Waals surface area (Å²) < 4.78 is 14.5. The van der Waals surface area contributed by atoms with Crippen molar-refractivity contribution >= 4 is 26.8 Å². The van der Waals surface area contributed by atoms with Crippen LogP contribution in [0, 0.1) is 6.92 Å². The molecule has 1 unspecified atom stereocenters. The first-order valence-electron chi connectivity index (χ1n) is 8.15. The molecule has 1 aromatic carbocycles. The normalized spacial score (nSPS) is 17.7. The maximum absolute atomic E-state index is 7.57. The Balaban J connectivity index is 0.000000595. The standard InChI is InChI=1S/C15H19BrN2O2.C2H6O/c1-3-19-15-10(2)8-12-11(14(15)16)9-17-18(12)13-6-4-5-7-20-13;1-2-3/h8-9,13H,3-7H2,1-2H3;3H,2H2,1H3. The van der Waals surface area contributed by atoms with Gasteiger partial charge in [0, 0.05) is 18.6 Å². The summed E-state index contributed by atoms with van der Waals surface area (Å²) in [4.78, 5) is 0. The SMILES string of the molecule is CCO.CCOc1c(C)cc2c(cnn2C2CCCCO2)c1Br. The van der Waals surface area contributed by atoms with E-state index < -0.39 is 0 Å². The molecule has 1 fully saturated rings. The van der Waals surface area contributed by atoms with Crippen LogP contribution in [0.2, 0.25) is 0 Å². The van der Waals surface area contributed by atoms with E-state index in [0.29, 0.717) is 6.61 Å². The minimum absolute atomic E-state index is 0.0606. The largest absolute Gasteiger partial charge is 0.492 e. The molecule has 128 valence electrons. The van der Waals surface area contributed by atoms with E-state index in [1.807, 2.05) is 17.8 Å². The number of hydrogen-bond donors (Lipinski definition) is 1. The van der Waals surface area contributed by atoms with Gasteiger partial charge in [-0.15, -0.1) is 0 Å². The van der Waals surface area contributed by atoms with Crippen LogP contribution in [0.4, 0.5) is 0 Å². The molecule has 1 saturated heterocycles. The lowest BCUT2D eigenvalue weighted by Gasteiger charge is -2.23. The first-order valence-corrected chi connectivity index (χ1v) is 8.94. The van der Waals surface area contributed by atoms with Crippen molar-refractivity contribution in [3.63, 3.8) is 0 Å². The van der Waals surface area contributed by atoms with Crippen LogP contribution in [-0.2, 0) is 4.74 Å². The van der Waals surface area contributed by atoms with E-state index >= 15 is 0 Å². The molecule has 0 spiro atoms. The number of rotatable bonds is 3. The summed E-state index contributed by atoms with van der Waals surface area (Å²) in [6, 6.07) is 2.13. The predicted octanol–water partition coefficient (Wildman–Crippen LogP) is 4.20. The zero-order chi connectivity index (χ0) is 16.8. The Morgan fingerprint density at radius 2 is 2.17 bits per heavy atom. The summed E-state index contributed by atoms with van der Waals surface area (Å²) in [6.45, 7) is 7.47. The highest BCUT2D eigenvalue weighted by Gasteiger charge is 2.21. The fourth-order valence-electron chi connectivity index (χ4n) is 2.72. The molecule has 0 radical (unpaired) electrons. The average Bonchev–Trinajstić information content (AvgIpc) is 2.97. The molecule has 0 amide bonds. The van der Waals surface area contributed by atoms with Gasteiger partial charge in [0.1, 0.15) is 5.75 Å². The molecule has 0 aliphatic carbocycles. The van der Waals surface area contributed by atoms with Crippen molar-refractivity contribution in [2.24, 2.45) is 0 Å². The van der Waals surface area contributed by atoms with E-state index in [0.717, 1.165) is 46.1 Å². The Bertz CT molecular complexity index is 636. The lowest BCUT2D eigenvalue weighted by atomic mass is 10.1. The molecule has 0 bridgehead atoms. The van der Waals surface area contributed by atoms with Gasteiger partial charge in [-0.2, -0.15) is 5.10 Å². The predicted molar refractivity (Wildman–Crippen MR) is 94.9 cm³/mol. The van der Waals surface area contributed by atoms with Crippen LogP contribution in [0.1, 0.15) is 44.9 Å². The van der Waals surface area contributed by atoms with Gasteiger partial charge >= 0.3 is 0 Å². The van der Waals surface area contributed by atoms with Crippen molar-refractivity contribution in [2.45, 2.75) is 46.3 Å². The Kier molecular flexibility index (Phi) is 6.87. The van der Waals surface area contributed by atoms with E-state index in [-0.39, 0.29) is 12.8 Å². The second-order valence-corrected chi connectivity index (χ2v) is 6.22. The monoisotopic (exact) mass is 384 g/mol. The number of fused-ring (bicyclic) bond motifs is 1. The highest BCUT2D eigenvalue weighted by molar-refractivity contribution is 9.10. The number of hydrogen-bond acceptors (Lipinski definition) is 4. The average molecular weight is 385 g/mol. The number of aliphatic hydroxyl groups is 1. The fourth-order valence-corrected chi connectivity index (χ4v) is 3.45. The van der Waals surface area contributed by atoms with Crippen LogP contribution in [0.5, 0.6) is 5.75 Å². The number of aromatic nitrogens is 2. The molecule has 1 atom stereocenters. The number of benzene rings is 1. The molecule has 2 heterocycles. The Hall–Kier alpha value is -1.11. The number of nitrogens with zero attached hydrogens (tertiary/aromatic N) is 2. The van der Waals surface area contributed by atoms with Crippen LogP contribution in [0.3, 0.4) is 0 Å². The summed E-state index contributed by atoms with van der Waals surface area (Å²) in [5, 5.41) is 13.2. The Morgan fingerprint density at radius 3 is 2.78 bits per heavy atom. The van der Waals surface area contributed by atoms with Gasteiger partial charge in [-0.05, 0) is 67.6 Å². The zero-order valence-corrected chi connectivity index (χ0v) is 15.6. The Labute approximate surface area is 145 Å². The molecule has 1 N–H and O–H groups in total. The molecular formula is C17H25BrN2O3. The van der Waals surface area contributed by atoms with Gasteiger partial charge in [-0.3, -0.25) is 0 Å². The number of aryl methyl sites for hydroxylation is 1. The lowest BCUT2D eigenvalue weighted by Crippen LogP contribution is -2.19. The first kappa shape index (κ1) is 18.2. The molecule has 5 nitrogen and oxygen atoms in total. The molecular weight excluding hydrogens is 360 g/mol. The minimum Gasteiger partial charge on any atom is -0.492 e. The second-order valence-electron chi connectivity index (χ2n) is 5.43. The maximum atomic E-state index is 7.57. The quantitative estimate of drug-likeness (QED) is 0.860. The highest BCUT2D eigenvalue weighted by Crippen LogP contribution is 2.38. The highest BCUT2D eigenvalue weighted by atomic mass is 79.9. The van der Waals surface area contributed by atoms with Crippen LogP contribution in [0.25, 0.3) is 10.9 Å². The fraction of sp³-hybridized carbons (Fsp3) is 0.588. The molecule has 1 aliphatic rings. The van der Waals surface area contributed by atoms with E-state index in [4.69, 9.17) is 14.6 Å². The third-order valence-electron chi connectivity index (χ3n) is 3.70. The van der Waals surface area contributed by atoms with Crippen molar-refractivity contribution in [3.8, 4) is 5.75 Å². The van der Waals surface area contributed by atoms with Gasteiger partial charge in [0.05, 0.1) is 22.8 Å². The molecule has 0 saturated carbocycles. The molecule has 3 rings (SSSR count). The third kappa shape index (κ3) is 4.05. The van der Waals surface area contributed by atoms with Gasteiger partial charge in [-0.25, -0.2) is 4.68 Å². The van der Waals surface area contributed by atoms with Gasteiger partial charge in [-0.1, -0.05) is 0 Å². The maximum Gasteiger partial charge on any atom is 0.150 e. The summed E-state index contributed by atoms with van der Waals surface area (Å²) in [5.74, 6) is 0.907. The molecule has 1 aromatic heterocycles. The minimum atomic E-state index is 0.0606. The second kappa shape index (κ2) is 8.66. The van der Waals surface area contributed by atoms with Gasteiger partial charge in [0.2, 0.25) is 0 Å². The van der Waals surface area contributed by atoms with Gasteiger partial charge in [0.15, 0.2) is 6.23 Å². The third-order valence-corrected chi connectivity index (χ3v) is 4.49. The number of halogens is 1. The zero-order valence-electron chi connectivity index (χ0n) is 14.0. The number of aliphatic hydroxyl groups excluding tert-OH is 1. The van der Waals surface area contributed by atoms with E-state index in [9.17, 15) is 0 Å². The van der Waals surface area contributed by atoms with E-state index in [2.05, 4.69) is 34.0 Å². The topological polar surface area (TPSA) is 56.5 Å². The van der Waals surface area contributed by atoms with Crippen LogP contribution in [0.15, 0.2) is 16.7 Å². The summed E-state index contributed by atoms with van der Waals surface area (Å²) >= 11 is 3.65. The number of ether oxygens (including phenoxy) is 2. The van der Waals surface area contributed by atoms with Crippen molar-refractivity contribution in [2.75, 3.05) is 19.8 Å². The van der Waals surface area contributed by atoms with Crippen molar-refractivity contribution in [3.05, 3.63) is 22.3 Å². The van der Waals surface area contributed by atoms with Gasteiger partial charge in [0.25, 0.3) is 0 Å². The first-order chi connectivity index (χ1) is 11.1. The summed E-state index contributed by atoms with van der Waals surface area (Å²) in [5.41, 5.74) is 2.22. The van der Waals surface area contributed by atoms with E-state index in [1.165, 1.54) is 6.42 Å². The summed E-state index contributed by atoms with van der Waals surface area (Å²) in [6.07, 6.45) is 5.32. The van der Waals surface area contributed by atoms with Crippen LogP contribution >= 0.6 is 15.9 Å². The molecule has 23 heavy (non-hydrogen) atoms. The Morgan fingerprint density at radius 1 is 1.43 bits per heavy atom. The molecule has 6 heteroatoms. The summed E-state index contributed by atoms with van der Waals surface area (Å²) in [7, 11) is 0. The van der Waals surface area contributed by atoms with Crippen molar-refractivity contribution < 1.29 is 14.6 Å².